The first kappa shape index (κ1) is 16.8. The van der Waals surface area contributed by atoms with Crippen molar-refractivity contribution < 1.29 is 15.0 Å². The van der Waals surface area contributed by atoms with Crippen LogP contribution in [0.4, 0.5) is 0 Å². The maximum atomic E-state index is 12.1. The molecular weight excluding hydrogens is 322 g/mol. The molecule has 3 rings (SSSR count). The van der Waals surface area contributed by atoms with E-state index >= 15 is 0 Å². The average Bonchev–Trinajstić information content (AvgIpc) is 2.89. The highest BCUT2D eigenvalue weighted by atomic mass is 16.4. The summed E-state index contributed by atoms with van der Waals surface area (Å²) in [7, 11) is 1.93. The van der Waals surface area contributed by atoms with E-state index in [1.165, 1.54) is 0 Å². The van der Waals surface area contributed by atoms with Crippen molar-refractivity contribution in [2.45, 2.75) is 19.9 Å². The number of pyridine rings is 1. The van der Waals surface area contributed by atoms with E-state index < -0.39 is 22.8 Å². The molecule has 2 heterocycles. The van der Waals surface area contributed by atoms with Crippen molar-refractivity contribution >= 4 is 16.9 Å². The van der Waals surface area contributed by atoms with Crippen LogP contribution in [0.3, 0.4) is 0 Å². The van der Waals surface area contributed by atoms with E-state index in [-0.39, 0.29) is 0 Å². The number of carboxylic acids is 1. The van der Waals surface area contributed by atoms with Crippen LogP contribution in [0, 0.1) is 0 Å². The first-order chi connectivity index (χ1) is 11.9. The second kappa shape index (κ2) is 6.10. The number of nitrogens with two attached hydrogens (primary N) is 1. The van der Waals surface area contributed by atoms with Crippen molar-refractivity contribution in [2.75, 3.05) is 0 Å². The first-order valence-electron chi connectivity index (χ1n) is 7.89. The lowest BCUT2D eigenvalue weighted by molar-refractivity contribution is 0.0691. The van der Waals surface area contributed by atoms with Crippen LogP contribution in [-0.2, 0) is 20.0 Å². The Labute approximate surface area is 143 Å². The fourth-order valence-electron chi connectivity index (χ4n) is 3.18. The van der Waals surface area contributed by atoms with E-state index in [1.54, 1.807) is 6.92 Å². The molecule has 0 unspecified atom stereocenters. The minimum Gasteiger partial charge on any atom is -0.506 e. The molecule has 130 valence electrons. The molecule has 5 N–H and O–H groups in total. The lowest BCUT2D eigenvalue weighted by Crippen LogP contribution is -2.20. The van der Waals surface area contributed by atoms with E-state index in [2.05, 4.69) is 4.98 Å². The standard InChI is InChI=1S/C18H19N3O4/c1-3-12-15(20-17(23)14(16(12)22)18(24)25)9-4-5-13-10(6-9)7-11(8-19)21(13)2/h4-7H,3,8,19H2,1-2H3,(H,24,25)(H2,20,22,23). The minimum absolute atomic E-state index is 0.374. The Kier molecular flexibility index (Phi) is 4.10. The van der Waals surface area contributed by atoms with Crippen LogP contribution in [0.25, 0.3) is 22.2 Å². The number of rotatable bonds is 4. The number of carboxylic acid groups (broad SMARTS) is 1. The summed E-state index contributed by atoms with van der Waals surface area (Å²) in [6.45, 7) is 2.20. The lowest BCUT2D eigenvalue weighted by atomic mass is 9.99. The Morgan fingerprint density at radius 1 is 1.32 bits per heavy atom. The second-order valence-electron chi connectivity index (χ2n) is 5.86. The summed E-state index contributed by atoms with van der Waals surface area (Å²) in [6.07, 6.45) is 0.374. The summed E-state index contributed by atoms with van der Waals surface area (Å²) in [5.74, 6) is -1.93. The molecule has 0 saturated carbocycles. The zero-order valence-electron chi connectivity index (χ0n) is 14.0. The largest absolute Gasteiger partial charge is 0.506 e. The van der Waals surface area contributed by atoms with Gasteiger partial charge in [0.1, 0.15) is 5.75 Å². The maximum absolute atomic E-state index is 12.1. The fraction of sp³-hybridized carbons (Fsp3) is 0.222. The Morgan fingerprint density at radius 2 is 2.04 bits per heavy atom. The monoisotopic (exact) mass is 341 g/mol. The number of aromatic nitrogens is 2. The zero-order valence-corrected chi connectivity index (χ0v) is 14.0. The molecule has 3 aromatic rings. The number of nitrogens with zero attached hydrogens (tertiary/aromatic N) is 1. The van der Waals surface area contributed by atoms with E-state index in [0.29, 0.717) is 29.8 Å². The van der Waals surface area contributed by atoms with Crippen molar-refractivity contribution in [2.24, 2.45) is 12.8 Å². The molecule has 0 aliphatic carbocycles. The Balaban J connectivity index is 2.27. The Bertz CT molecular complexity index is 1050. The fourth-order valence-corrected chi connectivity index (χ4v) is 3.18. The molecule has 0 amide bonds. The van der Waals surface area contributed by atoms with Crippen LogP contribution in [0.5, 0.6) is 5.75 Å². The van der Waals surface area contributed by atoms with Crippen molar-refractivity contribution in [1.29, 1.82) is 0 Å². The molecule has 25 heavy (non-hydrogen) atoms. The van der Waals surface area contributed by atoms with Gasteiger partial charge in [0.05, 0.1) is 5.69 Å². The number of hydrogen-bond acceptors (Lipinski definition) is 4. The van der Waals surface area contributed by atoms with Crippen LogP contribution in [0.2, 0.25) is 0 Å². The predicted octanol–water partition coefficient (Wildman–Crippen LogP) is 1.96. The highest BCUT2D eigenvalue weighted by Crippen LogP contribution is 2.32. The predicted molar refractivity (Wildman–Crippen MR) is 94.9 cm³/mol. The molecule has 7 heteroatoms. The summed E-state index contributed by atoms with van der Waals surface area (Å²) in [6, 6.07) is 7.59. The van der Waals surface area contributed by atoms with Crippen LogP contribution < -0.4 is 11.3 Å². The third-order valence-electron chi connectivity index (χ3n) is 4.50. The first-order valence-corrected chi connectivity index (χ1v) is 7.89. The van der Waals surface area contributed by atoms with Crippen molar-refractivity contribution in [3.8, 4) is 17.0 Å². The molecule has 0 fully saturated rings. The minimum atomic E-state index is -1.45. The van der Waals surface area contributed by atoms with Gasteiger partial charge in [-0.05, 0) is 30.2 Å². The van der Waals surface area contributed by atoms with Gasteiger partial charge in [-0.15, -0.1) is 0 Å². The molecule has 0 bridgehead atoms. The van der Waals surface area contributed by atoms with Crippen LogP contribution in [0.1, 0.15) is 28.5 Å². The summed E-state index contributed by atoms with van der Waals surface area (Å²) >= 11 is 0. The number of hydrogen-bond donors (Lipinski definition) is 4. The van der Waals surface area contributed by atoms with Crippen molar-refractivity contribution in [1.82, 2.24) is 9.55 Å². The van der Waals surface area contributed by atoms with Crippen LogP contribution in [0.15, 0.2) is 29.1 Å². The van der Waals surface area contributed by atoms with Gasteiger partial charge in [0.15, 0.2) is 5.56 Å². The van der Waals surface area contributed by atoms with Gasteiger partial charge in [0, 0.05) is 35.8 Å². The normalized spacial score (nSPS) is 11.2. The summed E-state index contributed by atoms with van der Waals surface area (Å²) in [5, 5.41) is 20.3. The highest BCUT2D eigenvalue weighted by Gasteiger charge is 2.22. The van der Waals surface area contributed by atoms with Gasteiger partial charge in [-0.2, -0.15) is 0 Å². The molecule has 0 saturated heterocycles. The number of aromatic hydroxyl groups is 1. The number of aryl methyl sites for hydroxylation is 1. The van der Waals surface area contributed by atoms with Gasteiger partial charge in [-0.3, -0.25) is 4.79 Å². The summed E-state index contributed by atoms with van der Waals surface area (Å²) in [5.41, 5.74) is 7.77. The second-order valence-corrected chi connectivity index (χ2v) is 5.86. The number of aromatic carboxylic acids is 1. The van der Waals surface area contributed by atoms with Crippen molar-refractivity contribution in [3.63, 3.8) is 0 Å². The third-order valence-corrected chi connectivity index (χ3v) is 4.50. The zero-order chi connectivity index (χ0) is 18.3. The Morgan fingerprint density at radius 3 is 2.64 bits per heavy atom. The smallest absolute Gasteiger partial charge is 0.345 e. The lowest BCUT2D eigenvalue weighted by Gasteiger charge is -2.12. The SMILES string of the molecule is CCc1c(-c2ccc3c(c2)cc(CN)n3C)[nH]c(=O)c(C(=O)O)c1O. The third kappa shape index (κ3) is 2.58. The maximum Gasteiger partial charge on any atom is 0.345 e. The van der Waals surface area contributed by atoms with E-state index in [0.717, 1.165) is 16.6 Å². The Hall–Kier alpha value is -3.06. The number of aromatic amines is 1. The number of benzene rings is 1. The van der Waals surface area contributed by atoms with E-state index in [1.807, 2.05) is 35.9 Å². The summed E-state index contributed by atoms with van der Waals surface area (Å²) < 4.78 is 1.99. The molecule has 0 atom stereocenters. The molecular formula is C18H19N3O4. The van der Waals surface area contributed by atoms with Gasteiger partial charge < -0.3 is 25.5 Å². The number of nitrogens with one attached hydrogen (secondary N) is 1. The molecule has 0 aliphatic heterocycles. The van der Waals surface area contributed by atoms with E-state index in [4.69, 9.17) is 10.8 Å². The van der Waals surface area contributed by atoms with Gasteiger partial charge in [-0.25, -0.2) is 4.79 Å². The van der Waals surface area contributed by atoms with E-state index in [9.17, 15) is 14.7 Å². The molecule has 0 aliphatic rings. The van der Waals surface area contributed by atoms with Gasteiger partial charge >= 0.3 is 5.97 Å². The van der Waals surface area contributed by atoms with Gasteiger partial charge in [-0.1, -0.05) is 13.0 Å². The van der Waals surface area contributed by atoms with Crippen LogP contribution in [-0.4, -0.2) is 25.7 Å². The molecule has 2 aromatic heterocycles. The number of carbonyl (C=O) groups is 1. The molecule has 1 aromatic carbocycles. The van der Waals surface area contributed by atoms with Crippen molar-refractivity contribution in [3.05, 3.63) is 51.4 Å². The number of fused-ring (bicyclic) bond motifs is 1. The molecule has 0 radical (unpaired) electrons. The molecule has 0 spiro atoms. The summed E-state index contributed by atoms with van der Waals surface area (Å²) in [4.78, 5) is 25.9. The highest BCUT2D eigenvalue weighted by molar-refractivity contribution is 5.92. The van der Waals surface area contributed by atoms with Crippen LogP contribution >= 0.6 is 0 Å². The number of H-pyrrole nitrogens is 1. The van der Waals surface area contributed by atoms with Gasteiger partial charge in [0.2, 0.25) is 0 Å². The molecule has 7 nitrogen and oxygen atoms in total. The topological polar surface area (TPSA) is 121 Å². The average molecular weight is 341 g/mol. The quantitative estimate of drug-likeness (QED) is 0.578. The van der Waals surface area contributed by atoms with Gasteiger partial charge in [0.25, 0.3) is 5.56 Å².